The maximum atomic E-state index is 5.66. The summed E-state index contributed by atoms with van der Waals surface area (Å²) in [4.78, 5) is 7.25. The molecule has 1 aliphatic carbocycles. The number of halogens is 1. The van der Waals surface area contributed by atoms with Crippen LogP contribution in [0.2, 0.25) is 0 Å². The molecule has 0 aromatic heterocycles. The van der Waals surface area contributed by atoms with Gasteiger partial charge in [-0.25, -0.2) is 0 Å². The van der Waals surface area contributed by atoms with Gasteiger partial charge in [0, 0.05) is 39.4 Å². The van der Waals surface area contributed by atoms with E-state index in [-0.39, 0.29) is 24.0 Å². The van der Waals surface area contributed by atoms with Crippen molar-refractivity contribution in [1.29, 1.82) is 0 Å². The van der Waals surface area contributed by atoms with Crippen molar-refractivity contribution >= 4 is 29.9 Å². The van der Waals surface area contributed by atoms with Crippen LogP contribution in [-0.2, 0) is 4.74 Å². The van der Waals surface area contributed by atoms with Crippen LogP contribution in [-0.4, -0.2) is 63.3 Å². The Kier molecular flexibility index (Phi) is 12.9. The maximum absolute atomic E-state index is 5.66. The summed E-state index contributed by atoms with van der Waals surface area (Å²) in [6.07, 6.45) is 7.68. The lowest BCUT2D eigenvalue weighted by molar-refractivity contribution is 0.123. The molecule has 1 saturated carbocycles. The molecule has 0 aromatic carbocycles. The van der Waals surface area contributed by atoms with Gasteiger partial charge in [-0.1, -0.05) is 6.92 Å². The Hall–Kier alpha value is -0.0800. The van der Waals surface area contributed by atoms with E-state index in [4.69, 9.17) is 4.74 Å². The Morgan fingerprint density at radius 2 is 2.04 bits per heavy atom. The molecular formula is C19H39IN4O. The molecule has 2 aliphatic rings. The average molecular weight is 466 g/mol. The molecule has 2 rings (SSSR count). The first kappa shape index (κ1) is 23.0. The first-order valence-electron chi connectivity index (χ1n) is 10.1. The number of hydrogen-bond acceptors (Lipinski definition) is 3. The number of nitrogens with one attached hydrogen (secondary N) is 2. The first-order valence-corrected chi connectivity index (χ1v) is 10.1. The van der Waals surface area contributed by atoms with Gasteiger partial charge >= 0.3 is 0 Å². The van der Waals surface area contributed by atoms with Gasteiger partial charge in [-0.3, -0.25) is 4.99 Å². The summed E-state index contributed by atoms with van der Waals surface area (Å²) in [6.45, 7) is 12.8. The fraction of sp³-hybridized carbons (Fsp3) is 0.947. The van der Waals surface area contributed by atoms with Crippen molar-refractivity contribution in [2.45, 2.75) is 52.4 Å². The van der Waals surface area contributed by atoms with Crippen LogP contribution >= 0.6 is 24.0 Å². The van der Waals surface area contributed by atoms with Crippen LogP contribution in [0.5, 0.6) is 0 Å². The molecule has 0 amide bonds. The zero-order valence-electron chi connectivity index (χ0n) is 16.3. The molecule has 0 spiro atoms. The van der Waals surface area contributed by atoms with Gasteiger partial charge in [0.15, 0.2) is 5.96 Å². The van der Waals surface area contributed by atoms with Gasteiger partial charge < -0.3 is 20.3 Å². The Morgan fingerprint density at radius 1 is 1.20 bits per heavy atom. The van der Waals surface area contributed by atoms with E-state index in [0.717, 1.165) is 57.1 Å². The van der Waals surface area contributed by atoms with Crippen LogP contribution in [0, 0.1) is 11.8 Å². The molecule has 1 unspecified atom stereocenters. The highest BCUT2D eigenvalue weighted by atomic mass is 127. The van der Waals surface area contributed by atoms with Crippen molar-refractivity contribution in [2.24, 2.45) is 16.8 Å². The highest BCUT2D eigenvalue weighted by molar-refractivity contribution is 14.0. The van der Waals surface area contributed by atoms with Gasteiger partial charge in [0.2, 0.25) is 0 Å². The molecule has 1 aliphatic heterocycles. The van der Waals surface area contributed by atoms with Crippen molar-refractivity contribution in [3.8, 4) is 0 Å². The molecule has 1 heterocycles. The zero-order valence-corrected chi connectivity index (χ0v) is 18.6. The van der Waals surface area contributed by atoms with Crippen molar-refractivity contribution in [3.05, 3.63) is 0 Å². The minimum absolute atomic E-state index is 0. The molecule has 2 N–H and O–H groups in total. The molecular weight excluding hydrogens is 427 g/mol. The van der Waals surface area contributed by atoms with Crippen LogP contribution in [0.4, 0.5) is 0 Å². The standard InChI is InChI=1S/C19H38N4O.HI/c1-3-20-19(22-11-6-14-24-16-18-8-9-18)21-10-5-13-23-12-4-7-17(2)15-23;/h17-18H,3-16H2,1-2H3,(H2,20,21,22);1H. The van der Waals surface area contributed by atoms with Gasteiger partial charge in [-0.15, -0.1) is 24.0 Å². The van der Waals surface area contributed by atoms with Gasteiger partial charge in [0.25, 0.3) is 0 Å². The van der Waals surface area contributed by atoms with Crippen molar-refractivity contribution in [2.75, 3.05) is 52.5 Å². The summed E-state index contributed by atoms with van der Waals surface area (Å²) < 4.78 is 5.66. The maximum Gasteiger partial charge on any atom is 0.191 e. The lowest BCUT2D eigenvalue weighted by Gasteiger charge is -2.30. The summed E-state index contributed by atoms with van der Waals surface area (Å²) in [6, 6.07) is 0. The normalized spacial score (nSPS) is 21.7. The van der Waals surface area contributed by atoms with E-state index in [2.05, 4.69) is 34.4 Å². The number of ether oxygens (including phenoxy) is 1. The third-order valence-electron chi connectivity index (χ3n) is 4.80. The van der Waals surface area contributed by atoms with E-state index in [1.54, 1.807) is 0 Å². The summed E-state index contributed by atoms with van der Waals surface area (Å²) in [5, 5.41) is 6.79. The Bertz CT molecular complexity index is 363. The second-order valence-electron chi connectivity index (χ2n) is 7.46. The van der Waals surface area contributed by atoms with Crippen LogP contribution < -0.4 is 10.6 Å². The van der Waals surface area contributed by atoms with Crippen LogP contribution in [0.3, 0.4) is 0 Å². The minimum atomic E-state index is 0. The van der Waals surface area contributed by atoms with Crippen molar-refractivity contribution in [3.63, 3.8) is 0 Å². The number of nitrogens with zero attached hydrogens (tertiary/aromatic N) is 2. The second-order valence-corrected chi connectivity index (χ2v) is 7.46. The molecule has 5 nitrogen and oxygen atoms in total. The summed E-state index contributed by atoms with van der Waals surface area (Å²) in [7, 11) is 0. The zero-order chi connectivity index (χ0) is 17.0. The number of aliphatic imine (C=N–C) groups is 1. The molecule has 6 heteroatoms. The first-order chi connectivity index (χ1) is 11.8. The molecule has 0 radical (unpaired) electrons. The fourth-order valence-electron chi connectivity index (χ4n) is 3.23. The second kappa shape index (κ2) is 14.0. The quantitative estimate of drug-likeness (QED) is 0.213. The Balaban J connectivity index is 0.00000312. The third-order valence-corrected chi connectivity index (χ3v) is 4.80. The average Bonchev–Trinajstić information content (AvgIpc) is 3.39. The van der Waals surface area contributed by atoms with E-state index >= 15 is 0 Å². The summed E-state index contributed by atoms with van der Waals surface area (Å²) >= 11 is 0. The summed E-state index contributed by atoms with van der Waals surface area (Å²) in [5.74, 6) is 2.68. The number of piperidine rings is 1. The predicted molar refractivity (Wildman–Crippen MR) is 117 cm³/mol. The molecule has 0 aromatic rings. The SMILES string of the molecule is CCNC(=NCCCOCC1CC1)NCCCN1CCCC(C)C1.I. The highest BCUT2D eigenvalue weighted by Gasteiger charge is 2.20. The van der Waals surface area contributed by atoms with Gasteiger partial charge in [0.1, 0.15) is 0 Å². The fourth-order valence-corrected chi connectivity index (χ4v) is 3.23. The van der Waals surface area contributed by atoms with Gasteiger partial charge in [-0.2, -0.15) is 0 Å². The van der Waals surface area contributed by atoms with Crippen molar-refractivity contribution < 1.29 is 4.74 Å². The van der Waals surface area contributed by atoms with E-state index in [0.29, 0.717) is 0 Å². The van der Waals surface area contributed by atoms with E-state index in [9.17, 15) is 0 Å². The van der Waals surface area contributed by atoms with E-state index in [1.807, 2.05) is 0 Å². The molecule has 1 atom stereocenters. The molecule has 1 saturated heterocycles. The predicted octanol–water partition coefficient (Wildman–Crippen LogP) is 3.10. The van der Waals surface area contributed by atoms with Crippen LogP contribution in [0.1, 0.15) is 52.4 Å². The van der Waals surface area contributed by atoms with E-state index < -0.39 is 0 Å². The molecule has 25 heavy (non-hydrogen) atoms. The van der Waals surface area contributed by atoms with Crippen LogP contribution in [0.25, 0.3) is 0 Å². The lowest BCUT2D eigenvalue weighted by atomic mass is 10.0. The molecule has 2 fully saturated rings. The summed E-state index contributed by atoms with van der Waals surface area (Å²) in [5.41, 5.74) is 0. The monoisotopic (exact) mass is 466 g/mol. The van der Waals surface area contributed by atoms with Gasteiger partial charge in [0.05, 0.1) is 0 Å². The lowest BCUT2D eigenvalue weighted by Crippen LogP contribution is -2.40. The largest absolute Gasteiger partial charge is 0.381 e. The molecule has 148 valence electrons. The Labute approximate surface area is 171 Å². The number of guanidine groups is 1. The number of likely N-dealkylation sites (tertiary alicyclic amines) is 1. The van der Waals surface area contributed by atoms with E-state index in [1.165, 1.54) is 51.7 Å². The van der Waals surface area contributed by atoms with Crippen molar-refractivity contribution in [1.82, 2.24) is 15.5 Å². The Morgan fingerprint density at radius 3 is 2.76 bits per heavy atom. The van der Waals surface area contributed by atoms with Crippen LogP contribution in [0.15, 0.2) is 4.99 Å². The molecule has 0 bridgehead atoms. The number of rotatable bonds is 11. The minimum Gasteiger partial charge on any atom is -0.381 e. The topological polar surface area (TPSA) is 48.9 Å². The number of hydrogen-bond donors (Lipinski definition) is 2. The highest BCUT2D eigenvalue weighted by Crippen LogP contribution is 2.28. The third kappa shape index (κ3) is 11.3. The smallest absolute Gasteiger partial charge is 0.191 e. The van der Waals surface area contributed by atoms with Gasteiger partial charge in [-0.05, 0) is 70.4 Å².